The smallest absolute Gasteiger partial charge is 0.271 e. The van der Waals surface area contributed by atoms with Crippen LogP contribution in [0.3, 0.4) is 0 Å². The van der Waals surface area contributed by atoms with Gasteiger partial charge >= 0.3 is 0 Å². The second kappa shape index (κ2) is 6.50. The third-order valence-electron chi connectivity index (χ3n) is 2.60. The molecule has 4 nitrogen and oxygen atoms in total. The van der Waals surface area contributed by atoms with Crippen LogP contribution in [-0.2, 0) is 10.0 Å². The Morgan fingerprint density at radius 2 is 2.10 bits per heavy atom. The van der Waals surface area contributed by atoms with E-state index in [1.165, 1.54) is 6.07 Å². The molecule has 0 fully saturated rings. The molecule has 0 bridgehead atoms. The Hall–Kier alpha value is -1.52. The van der Waals surface area contributed by atoms with Crippen molar-refractivity contribution in [3.05, 3.63) is 45.8 Å². The Kier molecular flexibility index (Phi) is 4.91. The molecule has 2 N–H and O–H groups in total. The minimum Gasteiger partial charge on any atom is -0.384 e. The third kappa shape index (κ3) is 3.99. The number of nitrogens with one attached hydrogen (secondary N) is 1. The van der Waals surface area contributed by atoms with Crippen molar-refractivity contribution in [2.45, 2.75) is 11.1 Å². The maximum atomic E-state index is 12.2. The maximum Gasteiger partial charge on any atom is 0.271 e. The number of aryl methyl sites for hydroxylation is 1. The first-order chi connectivity index (χ1) is 9.92. The van der Waals surface area contributed by atoms with Crippen molar-refractivity contribution in [2.24, 2.45) is 0 Å². The van der Waals surface area contributed by atoms with Gasteiger partial charge in [0.2, 0.25) is 0 Å². The van der Waals surface area contributed by atoms with Gasteiger partial charge in [0.15, 0.2) is 0 Å². The normalized spacial score (nSPS) is 10.8. The number of halogens is 1. The first kappa shape index (κ1) is 15.9. The van der Waals surface area contributed by atoms with E-state index in [0.29, 0.717) is 15.6 Å². The van der Waals surface area contributed by atoms with Crippen molar-refractivity contribution in [2.75, 3.05) is 11.3 Å². The summed E-state index contributed by atoms with van der Waals surface area (Å²) in [7, 11) is -3.64. The van der Waals surface area contributed by atoms with E-state index in [2.05, 4.69) is 16.6 Å². The minimum absolute atomic E-state index is 0.163. The van der Waals surface area contributed by atoms with Crippen LogP contribution in [0.5, 0.6) is 0 Å². The average molecular weight is 342 g/mol. The van der Waals surface area contributed by atoms with Crippen molar-refractivity contribution >= 4 is 38.6 Å². The molecule has 0 unspecified atom stereocenters. The van der Waals surface area contributed by atoms with Gasteiger partial charge in [-0.05, 0) is 42.8 Å². The zero-order valence-corrected chi connectivity index (χ0v) is 13.4. The molecule has 110 valence electrons. The lowest BCUT2D eigenvalue weighted by Crippen LogP contribution is -2.12. The van der Waals surface area contributed by atoms with Crippen LogP contribution >= 0.6 is 22.9 Å². The van der Waals surface area contributed by atoms with Crippen molar-refractivity contribution in [1.29, 1.82) is 0 Å². The SMILES string of the molecule is Cc1cc(C#CCO)ccc1NS(=O)(=O)c1ccc(Cl)s1. The van der Waals surface area contributed by atoms with Crippen LogP contribution in [-0.4, -0.2) is 20.1 Å². The zero-order valence-electron chi connectivity index (χ0n) is 11.1. The fraction of sp³-hybridized carbons (Fsp3) is 0.143. The summed E-state index contributed by atoms with van der Waals surface area (Å²) >= 11 is 6.76. The lowest BCUT2D eigenvalue weighted by atomic mass is 10.1. The molecular weight excluding hydrogens is 330 g/mol. The topological polar surface area (TPSA) is 66.4 Å². The molecule has 1 aromatic heterocycles. The highest BCUT2D eigenvalue weighted by molar-refractivity contribution is 7.94. The standard InChI is InChI=1S/C14H12ClNO3S2/c1-10-9-11(3-2-8-17)4-5-12(10)16-21(18,19)14-7-6-13(15)20-14/h4-7,9,16-17H,8H2,1H3. The summed E-state index contributed by atoms with van der Waals surface area (Å²) in [6.45, 7) is 1.57. The van der Waals surface area contributed by atoms with Crippen molar-refractivity contribution in [1.82, 2.24) is 0 Å². The molecule has 1 aromatic carbocycles. The molecule has 21 heavy (non-hydrogen) atoms. The predicted molar refractivity (Wildman–Crippen MR) is 85.3 cm³/mol. The van der Waals surface area contributed by atoms with Crippen molar-refractivity contribution in [3.8, 4) is 11.8 Å². The molecule has 7 heteroatoms. The van der Waals surface area contributed by atoms with Gasteiger partial charge < -0.3 is 5.11 Å². The van der Waals surface area contributed by atoms with Gasteiger partial charge in [-0.3, -0.25) is 4.72 Å². The van der Waals surface area contributed by atoms with E-state index in [1.807, 2.05) is 0 Å². The summed E-state index contributed by atoms with van der Waals surface area (Å²) in [5.74, 6) is 5.31. The van der Waals surface area contributed by atoms with E-state index < -0.39 is 10.0 Å². The van der Waals surface area contributed by atoms with Crippen LogP contribution in [0.25, 0.3) is 0 Å². The molecule has 2 aromatic rings. The molecule has 0 amide bonds. The number of aliphatic hydroxyl groups excluding tert-OH is 1. The Morgan fingerprint density at radius 1 is 1.33 bits per heavy atom. The van der Waals surface area contributed by atoms with E-state index in [9.17, 15) is 8.42 Å². The first-order valence-electron chi connectivity index (χ1n) is 5.91. The number of benzene rings is 1. The summed E-state index contributed by atoms with van der Waals surface area (Å²) < 4.78 is 27.5. The Morgan fingerprint density at radius 3 is 2.67 bits per heavy atom. The summed E-state index contributed by atoms with van der Waals surface area (Å²) in [6, 6.07) is 8.09. The minimum atomic E-state index is -3.64. The number of aliphatic hydroxyl groups is 1. The van der Waals surface area contributed by atoms with Gasteiger partial charge in [-0.25, -0.2) is 8.42 Å². The lowest BCUT2D eigenvalue weighted by Gasteiger charge is -2.09. The van der Waals surface area contributed by atoms with E-state index in [1.54, 1.807) is 31.2 Å². The lowest BCUT2D eigenvalue weighted by molar-refractivity contribution is 0.350. The van der Waals surface area contributed by atoms with Gasteiger partial charge in [-0.2, -0.15) is 0 Å². The van der Waals surface area contributed by atoms with E-state index in [4.69, 9.17) is 16.7 Å². The van der Waals surface area contributed by atoms with Crippen LogP contribution in [0.4, 0.5) is 5.69 Å². The van der Waals surface area contributed by atoms with Crippen LogP contribution < -0.4 is 4.72 Å². The zero-order chi connectivity index (χ0) is 15.5. The van der Waals surface area contributed by atoms with Crippen molar-refractivity contribution in [3.63, 3.8) is 0 Å². The summed E-state index contributed by atoms with van der Waals surface area (Å²) in [5, 5.41) is 8.66. The Bertz CT molecular complexity index is 816. The second-order valence-corrected chi connectivity index (χ2v) is 7.78. The van der Waals surface area contributed by atoms with E-state index in [-0.39, 0.29) is 10.8 Å². The molecule has 1 heterocycles. The highest BCUT2D eigenvalue weighted by atomic mass is 35.5. The van der Waals surface area contributed by atoms with Crippen LogP contribution in [0, 0.1) is 18.8 Å². The van der Waals surface area contributed by atoms with E-state index in [0.717, 1.165) is 16.9 Å². The number of sulfonamides is 1. The number of anilines is 1. The van der Waals surface area contributed by atoms with Gasteiger partial charge in [0.1, 0.15) is 10.8 Å². The monoisotopic (exact) mass is 341 g/mol. The fourth-order valence-electron chi connectivity index (χ4n) is 1.63. The van der Waals surface area contributed by atoms with Gasteiger partial charge in [-0.1, -0.05) is 23.4 Å². The molecule has 0 aliphatic carbocycles. The molecule has 2 rings (SSSR count). The molecule has 0 spiro atoms. The molecular formula is C14H12ClNO3S2. The summed E-state index contributed by atoms with van der Waals surface area (Å²) in [5.41, 5.74) is 1.93. The number of rotatable bonds is 3. The fourth-order valence-corrected chi connectivity index (χ4v) is 4.25. The molecule has 0 atom stereocenters. The molecule has 0 saturated heterocycles. The second-order valence-electron chi connectivity index (χ2n) is 4.15. The Balaban J connectivity index is 2.27. The molecule has 0 radical (unpaired) electrons. The first-order valence-corrected chi connectivity index (χ1v) is 8.58. The van der Waals surface area contributed by atoms with Crippen LogP contribution in [0.2, 0.25) is 4.34 Å². The number of hydrogen-bond donors (Lipinski definition) is 2. The maximum absolute atomic E-state index is 12.2. The number of thiophene rings is 1. The summed E-state index contributed by atoms with van der Waals surface area (Å²) in [6.07, 6.45) is 0. The van der Waals surface area contributed by atoms with Gasteiger partial charge in [0.05, 0.1) is 10.0 Å². The highest BCUT2D eigenvalue weighted by Crippen LogP contribution is 2.28. The van der Waals surface area contributed by atoms with Gasteiger partial charge in [-0.15, -0.1) is 11.3 Å². The quantitative estimate of drug-likeness (QED) is 0.844. The molecule has 0 aliphatic heterocycles. The largest absolute Gasteiger partial charge is 0.384 e. The predicted octanol–water partition coefficient (Wildman–Crippen LogP) is 2.85. The van der Waals surface area contributed by atoms with Crippen molar-refractivity contribution < 1.29 is 13.5 Å². The van der Waals surface area contributed by atoms with Gasteiger partial charge in [0, 0.05) is 5.56 Å². The number of hydrogen-bond acceptors (Lipinski definition) is 4. The Labute approximate surface area is 132 Å². The highest BCUT2D eigenvalue weighted by Gasteiger charge is 2.17. The van der Waals surface area contributed by atoms with Crippen LogP contribution in [0.1, 0.15) is 11.1 Å². The third-order valence-corrected chi connectivity index (χ3v) is 5.68. The molecule has 0 aliphatic rings. The van der Waals surface area contributed by atoms with Gasteiger partial charge in [0.25, 0.3) is 10.0 Å². The van der Waals surface area contributed by atoms with Crippen LogP contribution in [0.15, 0.2) is 34.5 Å². The average Bonchev–Trinajstić information content (AvgIpc) is 2.86. The molecule has 0 saturated carbocycles. The summed E-state index contributed by atoms with van der Waals surface area (Å²) in [4.78, 5) is 0. The van der Waals surface area contributed by atoms with E-state index >= 15 is 0 Å².